The van der Waals surface area contributed by atoms with Gasteiger partial charge in [-0.3, -0.25) is 9.78 Å². The molecule has 1 aromatic heterocycles. The molecule has 7 nitrogen and oxygen atoms in total. The minimum Gasteiger partial charge on any atom is -0.495 e. The van der Waals surface area contributed by atoms with Crippen molar-refractivity contribution in [3.63, 3.8) is 0 Å². The maximum Gasteiger partial charge on any atom is 0.255 e. The number of sulfonamides is 1. The zero-order valence-electron chi connectivity index (χ0n) is 15.1. The Bertz CT molecular complexity index is 1050. The number of benzene rings is 2. The molecule has 0 aliphatic rings. The summed E-state index contributed by atoms with van der Waals surface area (Å²) in [6, 6.07) is 18.0. The number of anilines is 1. The Morgan fingerprint density at radius 2 is 1.71 bits per heavy atom. The number of pyridine rings is 1. The van der Waals surface area contributed by atoms with Gasteiger partial charge in [0.15, 0.2) is 0 Å². The van der Waals surface area contributed by atoms with Crippen LogP contribution in [0.25, 0.3) is 0 Å². The molecule has 0 unspecified atom stereocenters. The number of methoxy groups -OCH3 is 1. The molecule has 0 saturated carbocycles. The van der Waals surface area contributed by atoms with Crippen LogP contribution >= 0.6 is 0 Å². The lowest BCUT2D eigenvalue weighted by Gasteiger charge is -2.10. The molecule has 0 bridgehead atoms. The Kier molecular flexibility index (Phi) is 6.03. The van der Waals surface area contributed by atoms with Gasteiger partial charge in [0.05, 0.1) is 29.9 Å². The van der Waals surface area contributed by atoms with Gasteiger partial charge < -0.3 is 10.1 Å². The highest BCUT2D eigenvalue weighted by Gasteiger charge is 2.15. The van der Waals surface area contributed by atoms with Gasteiger partial charge in [0.25, 0.3) is 5.91 Å². The van der Waals surface area contributed by atoms with Gasteiger partial charge in [0.1, 0.15) is 5.75 Å². The molecule has 1 heterocycles. The largest absolute Gasteiger partial charge is 0.495 e. The van der Waals surface area contributed by atoms with Gasteiger partial charge in [-0.05, 0) is 48.5 Å². The average molecular weight is 397 g/mol. The molecular formula is C20H19N3O4S. The maximum atomic E-state index is 12.4. The summed E-state index contributed by atoms with van der Waals surface area (Å²) >= 11 is 0. The summed E-state index contributed by atoms with van der Waals surface area (Å²) in [6.07, 6.45) is 1.60. The minimum absolute atomic E-state index is 0.0669. The third-order valence-electron chi connectivity index (χ3n) is 3.95. The highest BCUT2D eigenvalue weighted by Crippen LogP contribution is 2.23. The van der Waals surface area contributed by atoms with E-state index in [1.165, 1.54) is 31.4 Å². The molecule has 0 radical (unpaired) electrons. The first kappa shape index (κ1) is 19.5. The van der Waals surface area contributed by atoms with Crippen LogP contribution in [0.3, 0.4) is 0 Å². The Morgan fingerprint density at radius 1 is 1.00 bits per heavy atom. The SMILES string of the molecule is COc1ccccc1NC(=O)c1ccc(S(=O)(=O)NCc2ccccn2)cc1. The predicted molar refractivity (Wildman–Crippen MR) is 106 cm³/mol. The summed E-state index contributed by atoms with van der Waals surface area (Å²) in [7, 11) is -2.20. The van der Waals surface area contributed by atoms with Crippen molar-refractivity contribution >= 4 is 21.6 Å². The van der Waals surface area contributed by atoms with E-state index >= 15 is 0 Å². The van der Waals surface area contributed by atoms with Gasteiger partial charge >= 0.3 is 0 Å². The molecule has 2 aromatic carbocycles. The van der Waals surface area contributed by atoms with Gasteiger partial charge in [-0.1, -0.05) is 18.2 Å². The van der Waals surface area contributed by atoms with Crippen LogP contribution in [0.4, 0.5) is 5.69 Å². The number of rotatable bonds is 7. The minimum atomic E-state index is -3.71. The molecule has 28 heavy (non-hydrogen) atoms. The van der Waals surface area contributed by atoms with E-state index in [2.05, 4.69) is 15.0 Å². The van der Waals surface area contributed by atoms with E-state index < -0.39 is 10.0 Å². The standard InChI is InChI=1S/C20H19N3O4S/c1-27-19-8-3-2-7-18(19)23-20(24)15-9-11-17(12-10-15)28(25,26)22-14-16-6-4-5-13-21-16/h2-13,22H,14H2,1H3,(H,23,24). The summed E-state index contributed by atoms with van der Waals surface area (Å²) < 4.78 is 32.5. The second-order valence-corrected chi connectivity index (χ2v) is 7.59. The number of amides is 1. The summed E-state index contributed by atoms with van der Waals surface area (Å²) in [5.41, 5.74) is 1.47. The van der Waals surface area contributed by atoms with Crippen molar-refractivity contribution < 1.29 is 17.9 Å². The van der Waals surface area contributed by atoms with E-state index in [0.717, 1.165) is 0 Å². The van der Waals surface area contributed by atoms with Crippen LogP contribution in [0.1, 0.15) is 16.1 Å². The Morgan fingerprint density at radius 3 is 2.39 bits per heavy atom. The Hall–Kier alpha value is -3.23. The van der Waals surface area contributed by atoms with Gasteiger partial charge in [-0.25, -0.2) is 13.1 Å². The van der Waals surface area contributed by atoms with E-state index in [1.807, 2.05) is 0 Å². The summed E-state index contributed by atoms with van der Waals surface area (Å²) in [5, 5.41) is 2.75. The van der Waals surface area contributed by atoms with Gasteiger partial charge in [0.2, 0.25) is 10.0 Å². The van der Waals surface area contributed by atoms with E-state index in [0.29, 0.717) is 22.7 Å². The quantitative estimate of drug-likeness (QED) is 0.639. The third-order valence-corrected chi connectivity index (χ3v) is 5.37. The number of nitrogens with zero attached hydrogens (tertiary/aromatic N) is 1. The number of nitrogens with one attached hydrogen (secondary N) is 2. The fourth-order valence-electron chi connectivity index (χ4n) is 2.48. The van der Waals surface area contributed by atoms with Gasteiger partial charge in [-0.15, -0.1) is 0 Å². The molecule has 0 saturated heterocycles. The number of carbonyl (C=O) groups excluding carboxylic acids is 1. The number of para-hydroxylation sites is 2. The number of hydrogen-bond donors (Lipinski definition) is 2. The first-order chi connectivity index (χ1) is 13.5. The number of aromatic nitrogens is 1. The first-order valence-corrected chi connectivity index (χ1v) is 9.92. The third kappa shape index (κ3) is 4.73. The van der Waals surface area contributed by atoms with E-state index in [1.54, 1.807) is 48.7 Å². The normalized spacial score (nSPS) is 11.0. The number of ether oxygens (including phenoxy) is 1. The lowest BCUT2D eigenvalue weighted by Crippen LogP contribution is -2.23. The highest BCUT2D eigenvalue weighted by atomic mass is 32.2. The van der Waals surface area contributed by atoms with Crippen molar-refractivity contribution in [3.05, 3.63) is 84.2 Å². The van der Waals surface area contributed by atoms with Crippen molar-refractivity contribution in [1.29, 1.82) is 0 Å². The first-order valence-electron chi connectivity index (χ1n) is 8.43. The lowest BCUT2D eigenvalue weighted by atomic mass is 10.2. The number of carbonyl (C=O) groups is 1. The van der Waals surface area contributed by atoms with Crippen LogP contribution in [0.15, 0.2) is 77.8 Å². The monoisotopic (exact) mass is 397 g/mol. The zero-order chi connectivity index (χ0) is 20.0. The van der Waals surface area contributed by atoms with Crippen molar-refractivity contribution in [3.8, 4) is 5.75 Å². The van der Waals surface area contributed by atoms with E-state index in [-0.39, 0.29) is 17.3 Å². The van der Waals surface area contributed by atoms with Crippen LogP contribution < -0.4 is 14.8 Å². The molecule has 0 aliphatic heterocycles. The zero-order valence-corrected chi connectivity index (χ0v) is 15.9. The van der Waals surface area contributed by atoms with Crippen molar-refractivity contribution in [2.24, 2.45) is 0 Å². The van der Waals surface area contributed by atoms with Crippen LogP contribution in [0.5, 0.6) is 5.75 Å². The van der Waals surface area contributed by atoms with Crippen molar-refractivity contribution in [2.45, 2.75) is 11.4 Å². The number of hydrogen-bond acceptors (Lipinski definition) is 5. The molecule has 8 heteroatoms. The summed E-state index contributed by atoms with van der Waals surface area (Å²) in [4.78, 5) is 16.6. The summed E-state index contributed by atoms with van der Waals surface area (Å²) in [5.74, 6) is 0.170. The molecule has 3 rings (SSSR count). The maximum absolute atomic E-state index is 12.4. The predicted octanol–water partition coefficient (Wildman–Crippen LogP) is 2.82. The lowest BCUT2D eigenvalue weighted by molar-refractivity contribution is 0.102. The molecule has 0 atom stereocenters. The smallest absolute Gasteiger partial charge is 0.255 e. The molecular weight excluding hydrogens is 378 g/mol. The average Bonchev–Trinajstić information content (AvgIpc) is 2.73. The van der Waals surface area contributed by atoms with Crippen LogP contribution in [0.2, 0.25) is 0 Å². The summed E-state index contributed by atoms with van der Waals surface area (Å²) in [6.45, 7) is 0.0826. The fourth-order valence-corrected chi connectivity index (χ4v) is 3.48. The molecule has 0 spiro atoms. The second-order valence-electron chi connectivity index (χ2n) is 5.82. The molecule has 0 aliphatic carbocycles. The van der Waals surface area contributed by atoms with Gasteiger partial charge in [0, 0.05) is 11.8 Å². The van der Waals surface area contributed by atoms with Crippen molar-refractivity contribution in [1.82, 2.24) is 9.71 Å². The van der Waals surface area contributed by atoms with Crippen molar-refractivity contribution in [2.75, 3.05) is 12.4 Å². The molecule has 144 valence electrons. The van der Waals surface area contributed by atoms with Gasteiger partial charge in [-0.2, -0.15) is 0 Å². The fraction of sp³-hybridized carbons (Fsp3) is 0.100. The Labute approximate surface area is 163 Å². The van der Waals surface area contributed by atoms with E-state index in [9.17, 15) is 13.2 Å². The second kappa shape index (κ2) is 8.64. The van der Waals surface area contributed by atoms with Crippen LogP contribution in [0, 0.1) is 0 Å². The molecule has 3 aromatic rings. The molecule has 0 fully saturated rings. The topological polar surface area (TPSA) is 97.4 Å². The molecule has 1 amide bonds. The van der Waals surface area contributed by atoms with Crippen LogP contribution in [-0.4, -0.2) is 26.4 Å². The van der Waals surface area contributed by atoms with Crippen LogP contribution in [-0.2, 0) is 16.6 Å². The molecule has 2 N–H and O–H groups in total. The highest BCUT2D eigenvalue weighted by molar-refractivity contribution is 7.89. The van der Waals surface area contributed by atoms with E-state index in [4.69, 9.17) is 4.74 Å². The Balaban J connectivity index is 1.69.